The standard InChI is InChI=1S/C14H17BrClNO/c1-8-3-4-13(9(8)2)17-14(18)10-5-11(15)7-12(16)6-10/h5-9,13H,3-4H2,1-2H3,(H,17,18). The SMILES string of the molecule is CC1CCC(NC(=O)c2cc(Cl)cc(Br)c2)C1C. The molecule has 1 aromatic carbocycles. The summed E-state index contributed by atoms with van der Waals surface area (Å²) < 4.78 is 0.827. The van der Waals surface area contributed by atoms with E-state index in [4.69, 9.17) is 11.6 Å². The molecule has 1 fully saturated rings. The number of hydrogen-bond acceptors (Lipinski definition) is 1. The summed E-state index contributed by atoms with van der Waals surface area (Å²) in [4.78, 5) is 12.2. The van der Waals surface area contributed by atoms with Gasteiger partial charge in [0.1, 0.15) is 0 Å². The maximum atomic E-state index is 12.2. The monoisotopic (exact) mass is 329 g/mol. The molecule has 1 saturated carbocycles. The van der Waals surface area contributed by atoms with E-state index in [0.29, 0.717) is 22.4 Å². The number of amides is 1. The molecule has 2 nitrogen and oxygen atoms in total. The van der Waals surface area contributed by atoms with Crippen LogP contribution >= 0.6 is 27.5 Å². The lowest BCUT2D eigenvalue weighted by Crippen LogP contribution is -2.37. The average molecular weight is 331 g/mol. The molecule has 3 atom stereocenters. The average Bonchev–Trinajstić information content (AvgIpc) is 2.59. The van der Waals surface area contributed by atoms with E-state index >= 15 is 0 Å². The predicted molar refractivity (Wildman–Crippen MR) is 78.0 cm³/mol. The molecule has 2 rings (SSSR count). The van der Waals surface area contributed by atoms with Crippen LogP contribution in [0, 0.1) is 11.8 Å². The molecule has 0 aliphatic heterocycles. The minimum atomic E-state index is -0.0378. The van der Waals surface area contributed by atoms with Crippen LogP contribution in [0.5, 0.6) is 0 Å². The van der Waals surface area contributed by atoms with E-state index in [9.17, 15) is 4.79 Å². The summed E-state index contributed by atoms with van der Waals surface area (Å²) in [5.74, 6) is 1.18. The van der Waals surface area contributed by atoms with Crippen LogP contribution in [0.3, 0.4) is 0 Å². The number of carbonyl (C=O) groups excluding carboxylic acids is 1. The first kappa shape index (κ1) is 13.9. The van der Waals surface area contributed by atoms with Gasteiger partial charge in [0.05, 0.1) is 0 Å². The van der Waals surface area contributed by atoms with Crippen molar-refractivity contribution in [3.8, 4) is 0 Å². The van der Waals surface area contributed by atoms with Crippen molar-refractivity contribution in [2.75, 3.05) is 0 Å². The van der Waals surface area contributed by atoms with Crippen LogP contribution in [-0.2, 0) is 0 Å². The molecule has 0 radical (unpaired) electrons. The van der Waals surface area contributed by atoms with Gasteiger partial charge in [-0.05, 0) is 42.9 Å². The number of nitrogens with one attached hydrogen (secondary N) is 1. The van der Waals surface area contributed by atoms with E-state index in [0.717, 1.165) is 10.9 Å². The zero-order valence-electron chi connectivity index (χ0n) is 10.5. The fourth-order valence-electron chi connectivity index (χ4n) is 2.51. The third-order valence-corrected chi connectivity index (χ3v) is 4.58. The van der Waals surface area contributed by atoms with Crippen molar-refractivity contribution in [3.63, 3.8) is 0 Å². The Morgan fingerprint density at radius 2 is 2.06 bits per heavy atom. The van der Waals surface area contributed by atoms with E-state index in [1.165, 1.54) is 6.42 Å². The minimum absolute atomic E-state index is 0.0378. The molecule has 0 saturated heterocycles. The maximum Gasteiger partial charge on any atom is 0.251 e. The molecule has 1 aliphatic carbocycles. The van der Waals surface area contributed by atoms with Gasteiger partial charge in [-0.15, -0.1) is 0 Å². The van der Waals surface area contributed by atoms with Gasteiger partial charge in [-0.3, -0.25) is 4.79 Å². The number of halogens is 2. The van der Waals surface area contributed by atoms with Crippen LogP contribution in [0.4, 0.5) is 0 Å². The first-order valence-electron chi connectivity index (χ1n) is 6.24. The molecule has 0 spiro atoms. The van der Waals surface area contributed by atoms with E-state index in [-0.39, 0.29) is 11.9 Å². The van der Waals surface area contributed by atoms with Crippen molar-refractivity contribution in [2.45, 2.75) is 32.7 Å². The quantitative estimate of drug-likeness (QED) is 0.862. The van der Waals surface area contributed by atoms with E-state index in [2.05, 4.69) is 35.1 Å². The predicted octanol–water partition coefficient (Wildman–Crippen LogP) is 4.27. The topological polar surface area (TPSA) is 29.1 Å². The van der Waals surface area contributed by atoms with Crippen molar-refractivity contribution >= 4 is 33.4 Å². The van der Waals surface area contributed by atoms with Crippen LogP contribution < -0.4 is 5.32 Å². The molecule has 0 bridgehead atoms. The Kier molecular flexibility index (Phi) is 4.33. The van der Waals surface area contributed by atoms with Crippen LogP contribution in [0.15, 0.2) is 22.7 Å². The van der Waals surface area contributed by atoms with Gasteiger partial charge >= 0.3 is 0 Å². The van der Waals surface area contributed by atoms with Crippen LogP contribution in [0.25, 0.3) is 0 Å². The Balaban J connectivity index is 2.08. The number of rotatable bonds is 2. The highest BCUT2D eigenvalue weighted by Gasteiger charge is 2.30. The molecule has 1 amide bonds. The first-order chi connectivity index (χ1) is 8.47. The Morgan fingerprint density at radius 1 is 1.33 bits per heavy atom. The second-order valence-electron chi connectivity index (χ2n) is 5.15. The van der Waals surface area contributed by atoms with Gasteiger partial charge in [0.15, 0.2) is 0 Å². The molecule has 18 heavy (non-hydrogen) atoms. The Labute approximate surface area is 121 Å². The summed E-state index contributed by atoms with van der Waals surface area (Å²) in [7, 11) is 0. The first-order valence-corrected chi connectivity index (χ1v) is 7.41. The largest absolute Gasteiger partial charge is 0.349 e. The highest BCUT2D eigenvalue weighted by Crippen LogP contribution is 2.31. The highest BCUT2D eigenvalue weighted by atomic mass is 79.9. The fraction of sp³-hybridized carbons (Fsp3) is 0.500. The van der Waals surface area contributed by atoms with Gasteiger partial charge in [0.2, 0.25) is 0 Å². The van der Waals surface area contributed by atoms with Crippen LogP contribution in [0.1, 0.15) is 37.0 Å². The van der Waals surface area contributed by atoms with Crippen molar-refractivity contribution in [1.29, 1.82) is 0 Å². The van der Waals surface area contributed by atoms with Crippen molar-refractivity contribution < 1.29 is 4.79 Å². The lowest BCUT2D eigenvalue weighted by molar-refractivity contribution is 0.0927. The highest BCUT2D eigenvalue weighted by molar-refractivity contribution is 9.10. The second kappa shape index (κ2) is 5.62. The molecule has 1 aliphatic rings. The van der Waals surface area contributed by atoms with Gasteiger partial charge in [0, 0.05) is 21.1 Å². The zero-order valence-corrected chi connectivity index (χ0v) is 12.9. The molecule has 3 unspecified atom stereocenters. The molecule has 1 aromatic rings. The van der Waals surface area contributed by atoms with Crippen LogP contribution in [-0.4, -0.2) is 11.9 Å². The third kappa shape index (κ3) is 3.07. The molecule has 0 aromatic heterocycles. The Morgan fingerprint density at radius 3 is 2.61 bits per heavy atom. The third-order valence-electron chi connectivity index (χ3n) is 3.91. The van der Waals surface area contributed by atoms with Crippen LogP contribution in [0.2, 0.25) is 5.02 Å². The van der Waals surface area contributed by atoms with Gasteiger partial charge in [0.25, 0.3) is 5.91 Å². The minimum Gasteiger partial charge on any atom is -0.349 e. The van der Waals surface area contributed by atoms with Gasteiger partial charge in [-0.25, -0.2) is 0 Å². The Bertz CT molecular complexity index is 443. The summed E-state index contributed by atoms with van der Waals surface area (Å²) in [5, 5.41) is 3.68. The number of hydrogen-bond donors (Lipinski definition) is 1. The van der Waals surface area contributed by atoms with E-state index in [1.807, 2.05) is 0 Å². The molecular weight excluding hydrogens is 314 g/mol. The summed E-state index contributed by atoms with van der Waals surface area (Å²) in [5.41, 5.74) is 0.612. The van der Waals surface area contributed by atoms with Crippen molar-refractivity contribution in [3.05, 3.63) is 33.3 Å². The summed E-state index contributed by atoms with van der Waals surface area (Å²) in [6.45, 7) is 4.45. The normalized spacial score (nSPS) is 27.2. The summed E-state index contributed by atoms with van der Waals surface area (Å²) in [6, 6.07) is 5.55. The summed E-state index contributed by atoms with van der Waals surface area (Å²) >= 11 is 9.30. The molecule has 1 N–H and O–H groups in total. The van der Waals surface area contributed by atoms with Crippen molar-refractivity contribution in [2.24, 2.45) is 11.8 Å². The second-order valence-corrected chi connectivity index (χ2v) is 6.50. The van der Waals surface area contributed by atoms with Gasteiger partial charge in [-0.2, -0.15) is 0 Å². The Hall–Kier alpha value is -0.540. The fourth-order valence-corrected chi connectivity index (χ4v) is 3.37. The molecule has 0 heterocycles. The summed E-state index contributed by atoms with van der Waals surface area (Å²) in [6.07, 6.45) is 2.25. The van der Waals surface area contributed by atoms with E-state index < -0.39 is 0 Å². The number of carbonyl (C=O) groups is 1. The molecule has 98 valence electrons. The molecule has 4 heteroatoms. The zero-order chi connectivity index (χ0) is 13.3. The molecular formula is C14H17BrClNO. The van der Waals surface area contributed by atoms with Gasteiger partial charge in [-0.1, -0.05) is 41.4 Å². The van der Waals surface area contributed by atoms with E-state index in [1.54, 1.807) is 18.2 Å². The number of benzene rings is 1. The smallest absolute Gasteiger partial charge is 0.251 e. The lowest BCUT2D eigenvalue weighted by atomic mass is 9.97. The lowest BCUT2D eigenvalue weighted by Gasteiger charge is -2.19. The maximum absolute atomic E-state index is 12.2. The van der Waals surface area contributed by atoms with Crippen molar-refractivity contribution in [1.82, 2.24) is 5.32 Å². The van der Waals surface area contributed by atoms with Gasteiger partial charge < -0.3 is 5.32 Å².